The van der Waals surface area contributed by atoms with Crippen LogP contribution in [0.25, 0.3) is 0 Å². The molecule has 1 heteroatoms. The Morgan fingerprint density at radius 3 is 1.27 bits per heavy atom. The van der Waals surface area contributed by atoms with Crippen LogP contribution in [0.3, 0.4) is 0 Å². The van der Waals surface area contributed by atoms with E-state index in [0.717, 1.165) is 6.42 Å². The van der Waals surface area contributed by atoms with E-state index in [1.54, 1.807) is 0 Å². The molecule has 0 aliphatic carbocycles. The van der Waals surface area contributed by atoms with Gasteiger partial charge in [0.05, 0.1) is 0 Å². The van der Waals surface area contributed by atoms with Gasteiger partial charge in [-0.3, -0.25) is 0 Å². The molecule has 3 rings (SSSR count). The van der Waals surface area contributed by atoms with Crippen molar-refractivity contribution < 1.29 is 0 Å². The SMILES string of the molecule is CCCc1ccc(N(c2ccc(C(C)CC)cc2)c2ccc(C(C)CC)cc2)cc1. The highest BCUT2D eigenvalue weighted by Crippen LogP contribution is 2.36. The molecule has 2 unspecified atom stereocenters. The van der Waals surface area contributed by atoms with Crippen molar-refractivity contribution in [2.45, 2.75) is 72.1 Å². The predicted molar refractivity (Wildman–Crippen MR) is 133 cm³/mol. The zero-order valence-corrected chi connectivity index (χ0v) is 19.4. The maximum absolute atomic E-state index is 2.37. The van der Waals surface area contributed by atoms with Crippen LogP contribution in [0.15, 0.2) is 72.8 Å². The second kappa shape index (κ2) is 10.5. The highest BCUT2D eigenvalue weighted by molar-refractivity contribution is 5.76. The van der Waals surface area contributed by atoms with Crippen LogP contribution in [0, 0.1) is 0 Å². The summed E-state index contributed by atoms with van der Waals surface area (Å²) >= 11 is 0. The standard InChI is InChI=1S/C29H37N/c1-6-9-24-10-16-27(17-11-24)30(28-18-12-25(13-19-28)22(4)7-2)29-20-14-26(15-21-29)23(5)8-3/h10-23H,6-9H2,1-5H3. The maximum atomic E-state index is 2.37. The van der Waals surface area contributed by atoms with E-state index >= 15 is 0 Å². The first-order chi connectivity index (χ1) is 14.6. The van der Waals surface area contributed by atoms with Crippen LogP contribution in [0.1, 0.15) is 82.4 Å². The first-order valence-corrected chi connectivity index (χ1v) is 11.7. The molecule has 1 nitrogen and oxygen atoms in total. The van der Waals surface area contributed by atoms with E-state index in [1.807, 2.05) is 0 Å². The van der Waals surface area contributed by atoms with Gasteiger partial charge in [0, 0.05) is 17.1 Å². The van der Waals surface area contributed by atoms with Crippen molar-refractivity contribution in [1.82, 2.24) is 0 Å². The summed E-state index contributed by atoms with van der Waals surface area (Å²) in [6.07, 6.45) is 4.64. The summed E-state index contributed by atoms with van der Waals surface area (Å²) < 4.78 is 0. The highest BCUT2D eigenvalue weighted by atomic mass is 15.1. The second-order valence-corrected chi connectivity index (χ2v) is 8.55. The molecule has 0 aliphatic rings. The Morgan fingerprint density at radius 2 is 0.933 bits per heavy atom. The third-order valence-electron chi connectivity index (χ3n) is 6.40. The Bertz CT molecular complexity index is 837. The minimum absolute atomic E-state index is 0.593. The summed E-state index contributed by atoms with van der Waals surface area (Å²) in [6, 6.07) is 27.3. The molecule has 0 radical (unpaired) electrons. The minimum Gasteiger partial charge on any atom is -0.311 e. The molecule has 0 N–H and O–H groups in total. The molecule has 0 amide bonds. The Labute approximate surface area is 183 Å². The Kier molecular flexibility index (Phi) is 7.74. The van der Waals surface area contributed by atoms with Gasteiger partial charge in [-0.15, -0.1) is 0 Å². The van der Waals surface area contributed by atoms with Crippen LogP contribution in [-0.4, -0.2) is 0 Å². The number of benzene rings is 3. The molecule has 158 valence electrons. The van der Waals surface area contributed by atoms with Crippen molar-refractivity contribution in [3.05, 3.63) is 89.5 Å². The fourth-order valence-corrected chi connectivity index (χ4v) is 3.92. The largest absolute Gasteiger partial charge is 0.311 e. The lowest BCUT2D eigenvalue weighted by Crippen LogP contribution is -2.10. The average Bonchev–Trinajstić information content (AvgIpc) is 2.80. The number of anilines is 3. The van der Waals surface area contributed by atoms with Gasteiger partial charge < -0.3 is 4.90 Å². The molecule has 0 saturated heterocycles. The molecule has 2 atom stereocenters. The topological polar surface area (TPSA) is 3.24 Å². The van der Waals surface area contributed by atoms with Crippen LogP contribution in [0.4, 0.5) is 17.1 Å². The molecule has 0 fully saturated rings. The lowest BCUT2D eigenvalue weighted by atomic mass is 9.97. The summed E-state index contributed by atoms with van der Waals surface area (Å²) in [6.45, 7) is 11.3. The van der Waals surface area contributed by atoms with E-state index in [1.165, 1.54) is 53.0 Å². The molecule has 0 bridgehead atoms. The van der Waals surface area contributed by atoms with Crippen molar-refractivity contribution in [1.29, 1.82) is 0 Å². The van der Waals surface area contributed by atoms with Gasteiger partial charge in [-0.2, -0.15) is 0 Å². The van der Waals surface area contributed by atoms with Crippen LogP contribution < -0.4 is 4.90 Å². The third-order valence-corrected chi connectivity index (χ3v) is 6.40. The molecule has 0 saturated carbocycles. The van der Waals surface area contributed by atoms with Gasteiger partial charge in [0.15, 0.2) is 0 Å². The number of hydrogen-bond donors (Lipinski definition) is 0. The van der Waals surface area contributed by atoms with Gasteiger partial charge in [0.1, 0.15) is 0 Å². The maximum Gasteiger partial charge on any atom is 0.0461 e. The van der Waals surface area contributed by atoms with Crippen molar-refractivity contribution in [2.24, 2.45) is 0 Å². The third kappa shape index (κ3) is 5.14. The van der Waals surface area contributed by atoms with E-state index in [-0.39, 0.29) is 0 Å². The summed E-state index contributed by atoms with van der Waals surface area (Å²) in [7, 11) is 0. The van der Waals surface area contributed by atoms with E-state index < -0.39 is 0 Å². The number of rotatable bonds is 9. The van der Waals surface area contributed by atoms with Crippen LogP contribution in [0.2, 0.25) is 0 Å². The molecular weight excluding hydrogens is 362 g/mol. The molecule has 3 aromatic rings. The summed E-state index contributed by atoms with van der Waals surface area (Å²) in [5, 5.41) is 0. The summed E-state index contributed by atoms with van der Waals surface area (Å²) in [5.74, 6) is 1.19. The van der Waals surface area contributed by atoms with Crippen molar-refractivity contribution in [2.75, 3.05) is 4.90 Å². The fourth-order valence-electron chi connectivity index (χ4n) is 3.92. The Morgan fingerprint density at radius 1 is 0.567 bits per heavy atom. The quantitative estimate of drug-likeness (QED) is 0.347. The summed E-state index contributed by atoms with van der Waals surface area (Å²) in [4.78, 5) is 2.37. The molecule has 0 aromatic heterocycles. The zero-order valence-electron chi connectivity index (χ0n) is 19.4. The summed E-state index contributed by atoms with van der Waals surface area (Å²) in [5.41, 5.74) is 7.85. The molecule has 0 aliphatic heterocycles. The van der Waals surface area contributed by atoms with Gasteiger partial charge >= 0.3 is 0 Å². The Hall–Kier alpha value is -2.54. The second-order valence-electron chi connectivity index (χ2n) is 8.55. The van der Waals surface area contributed by atoms with E-state index in [0.29, 0.717) is 11.8 Å². The molecule has 0 heterocycles. The lowest BCUT2D eigenvalue weighted by molar-refractivity contribution is 0.733. The normalized spacial score (nSPS) is 13.1. The number of hydrogen-bond acceptors (Lipinski definition) is 1. The number of aryl methyl sites for hydroxylation is 1. The highest BCUT2D eigenvalue weighted by Gasteiger charge is 2.14. The fraction of sp³-hybridized carbons (Fsp3) is 0.379. The van der Waals surface area contributed by atoms with Crippen molar-refractivity contribution >= 4 is 17.1 Å². The zero-order chi connectivity index (χ0) is 21.5. The first kappa shape index (κ1) is 22.2. The molecule has 3 aromatic carbocycles. The minimum atomic E-state index is 0.593. The van der Waals surface area contributed by atoms with Gasteiger partial charge in [-0.25, -0.2) is 0 Å². The Balaban J connectivity index is 2.00. The van der Waals surface area contributed by atoms with E-state index in [9.17, 15) is 0 Å². The van der Waals surface area contributed by atoms with Crippen molar-refractivity contribution in [3.8, 4) is 0 Å². The predicted octanol–water partition coefficient (Wildman–Crippen LogP) is 9.14. The van der Waals surface area contributed by atoms with E-state index in [2.05, 4.69) is 112 Å². The monoisotopic (exact) mass is 399 g/mol. The van der Waals surface area contributed by atoms with Crippen molar-refractivity contribution in [3.63, 3.8) is 0 Å². The smallest absolute Gasteiger partial charge is 0.0461 e. The molecular formula is C29H37N. The first-order valence-electron chi connectivity index (χ1n) is 11.7. The van der Waals surface area contributed by atoms with E-state index in [4.69, 9.17) is 0 Å². The van der Waals surface area contributed by atoms with Crippen LogP contribution >= 0.6 is 0 Å². The molecule has 0 spiro atoms. The lowest BCUT2D eigenvalue weighted by Gasteiger charge is -2.26. The van der Waals surface area contributed by atoms with Gasteiger partial charge in [-0.1, -0.05) is 77.4 Å². The van der Waals surface area contributed by atoms with Crippen LogP contribution in [0.5, 0.6) is 0 Å². The van der Waals surface area contributed by atoms with Gasteiger partial charge in [0.2, 0.25) is 0 Å². The van der Waals surface area contributed by atoms with Crippen LogP contribution in [-0.2, 0) is 6.42 Å². The van der Waals surface area contributed by atoms with Gasteiger partial charge in [-0.05, 0) is 84.2 Å². The number of nitrogens with zero attached hydrogens (tertiary/aromatic N) is 1. The average molecular weight is 400 g/mol. The van der Waals surface area contributed by atoms with Gasteiger partial charge in [0.25, 0.3) is 0 Å². The molecule has 30 heavy (non-hydrogen) atoms.